The van der Waals surface area contributed by atoms with Crippen LogP contribution in [0.2, 0.25) is 0 Å². The lowest BCUT2D eigenvalue weighted by molar-refractivity contribution is -0.151. The van der Waals surface area contributed by atoms with Crippen molar-refractivity contribution < 1.29 is 14.3 Å². The SMILES string of the molecule is COC(=O)C1(NC(=O)C2CC23CCNCC3)CCCC1.Cl. The van der Waals surface area contributed by atoms with Crippen LogP contribution in [-0.4, -0.2) is 37.6 Å². The van der Waals surface area contributed by atoms with Crippen LogP contribution < -0.4 is 10.6 Å². The second-order valence-electron chi connectivity index (χ2n) is 6.64. The molecule has 3 rings (SSSR count). The molecule has 0 aromatic carbocycles. The molecule has 1 spiro atoms. The first-order valence-electron chi connectivity index (χ1n) is 7.73. The molecule has 3 fully saturated rings. The molecular weight excluding hydrogens is 292 g/mol. The van der Waals surface area contributed by atoms with E-state index in [9.17, 15) is 9.59 Å². The van der Waals surface area contributed by atoms with Crippen LogP contribution in [-0.2, 0) is 14.3 Å². The highest BCUT2D eigenvalue weighted by Gasteiger charge is 2.59. The highest BCUT2D eigenvalue weighted by Crippen LogP contribution is 2.58. The van der Waals surface area contributed by atoms with Crippen molar-refractivity contribution in [3.8, 4) is 0 Å². The third-order valence-corrected chi connectivity index (χ3v) is 5.50. The molecule has 1 unspecified atom stereocenters. The van der Waals surface area contributed by atoms with E-state index in [2.05, 4.69) is 10.6 Å². The number of rotatable bonds is 3. The van der Waals surface area contributed by atoms with Crippen LogP contribution in [0.25, 0.3) is 0 Å². The summed E-state index contributed by atoms with van der Waals surface area (Å²) in [4.78, 5) is 24.6. The molecular formula is C15H25ClN2O3. The maximum absolute atomic E-state index is 12.5. The lowest BCUT2D eigenvalue weighted by Crippen LogP contribution is -2.54. The second kappa shape index (κ2) is 6.13. The molecule has 0 bridgehead atoms. The number of nitrogens with one attached hydrogen (secondary N) is 2. The Bertz CT molecular complexity index is 415. The summed E-state index contributed by atoms with van der Waals surface area (Å²) >= 11 is 0. The van der Waals surface area contributed by atoms with Crippen molar-refractivity contribution in [2.45, 2.75) is 50.5 Å². The van der Waals surface area contributed by atoms with Crippen molar-refractivity contribution >= 4 is 24.3 Å². The van der Waals surface area contributed by atoms with Gasteiger partial charge in [0.2, 0.25) is 5.91 Å². The van der Waals surface area contributed by atoms with Gasteiger partial charge in [0.15, 0.2) is 0 Å². The molecule has 21 heavy (non-hydrogen) atoms. The second-order valence-corrected chi connectivity index (χ2v) is 6.64. The number of halogens is 1. The molecule has 1 aliphatic heterocycles. The first-order chi connectivity index (χ1) is 9.62. The molecule has 1 saturated heterocycles. The number of carbonyl (C=O) groups excluding carboxylic acids is 2. The van der Waals surface area contributed by atoms with Crippen molar-refractivity contribution in [2.24, 2.45) is 11.3 Å². The van der Waals surface area contributed by atoms with Crippen molar-refractivity contribution in [3.63, 3.8) is 0 Å². The van der Waals surface area contributed by atoms with E-state index in [1.54, 1.807) is 0 Å². The highest BCUT2D eigenvalue weighted by atomic mass is 35.5. The van der Waals surface area contributed by atoms with Crippen LogP contribution in [0.1, 0.15) is 44.9 Å². The van der Waals surface area contributed by atoms with E-state index in [1.165, 1.54) is 7.11 Å². The third kappa shape index (κ3) is 2.90. The summed E-state index contributed by atoms with van der Waals surface area (Å²) in [6.07, 6.45) is 6.54. The summed E-state index contributed by atoms with van der Waals surface area (Å²) in [6, 6.07) is 0. The molecule has 120 valence electrons. The molecule has 2 N–H and O–H groups in total. The molecule has 6 heteroatoms. The van der Waals surface area contributed by atoms with Crippen LogP contribution in [0.4, 0.5) is 0 Å². The Balaban J connectivity index is 0.00000161. The van der Waals surface area contributed by atoms with Gasteiger partial charge in [-0.05, 0) is 50.6 Å². The molecule has 2 saturated carbocycles. The topological polar surface area (TPSA) is 67.4 Å². The van der Waals surface area contributed by atoms with Crippen LogP contribution in [0, 0.1) is 11.3 Å². The summed E-state index contributed by atoms with van der Waals surface area (Å²) in [5.41, 5.74) is -0.534. The monoisotopic (exact) mass is 316 g/mol. The van der Waals surface area contributed by atoms with E-state index < -0.39 is 5.54 Å². The fourth-order valence-corrected chi connectivity index (χ4v) is 4.07. The van der Waals surface area contributed by atoms with Gasteiger partial charge in [0.25, 0.3) is 0 Å². The van der Waals surface area contributed by atoms with Crippen LogP contribution in [0.5, 0.6) is 0 Å². The number of methoxy groups -OCH3 is 1. The van der Waals surface area contributed by atoms with Gasteiger partial charge in [0.1, 0.15) is 5.54 Å². The summed E-state index contributed by atoms with van der Waals surface area (Å²) in [5, 5.41) is 6.38. The Hall–Kier alpha value is -0.810. The standard InChI is InChI=1S/C15H24N2O3.ClH/c1-20-13(19)15(4-2-3-5-15)17-12(18)11-10-14(11)6-8-16-9-7-14;/h11,16H,2-10H2,1H3,(H,17,18);1H. The first kappa shape index (κ1) is 16.6. The number of esters is 1. The van der Waals surface area contributed by atoms with E-state index in [1.807, 2.05) is 0 Å². The Morgan fingerprint density at radius 1 is 1.14 bits per heavy atom. The van der Waals surface area contributed by atoms with Crippen LogP contribution in [0.3, 0.4) is 0 Å². The van der Waals surface area contributed by atoms with Crippen molar-refractivity contribution in [3.05, 3.63) is 0 Å². The van der Waals surface area contributed by atoms with E-state index >= 15 is 0 Å². The Labute approximate surface area is 132 Å². The zero-order valence-corrected chi connectivity index (χ0v) is 13.4. The lowest BCUT2D eigenvalue weighted by atomic mass is 9.91. The molecule has 0 radical (unpaired) electrons. The predicted octanol–water partition coefficient (Wildman–Crippen LogP) is 1.40. The summed E-state index contributed by atoms with van der Waals surface area (Å²) < 4.78 is 4.91. The Morgan fingerprint density at radius 2 is 1.76 bits per heavy atom. The maximum atomic E-state index is 12.5. The molecule has 0 aromatic rings. The zero-order chi connectivity index (χ0) is 14.2. The molecule has 1 atom stereocenters. The van der Waals surface area contributed by atoms with Crippen LogP contribution >= 0.6 is 12.4 Å². The lowest BCUT2D eigenvalue weighted by Gasteiger charge is -2.29. The van der Waals surface area contributed by atoms with E-state index in [0.717, 1.165) is 45.2 Å². The predicted molar refractivity (Wildman–Crippen MR) is 81.2 cm³/mol. The number of hydrogen-bond acceptors (Lipinski definition) is 4. The zero-order valence-electron chi connectivity index (χ0n) is 12.6. The largest absolute Gasteiger partial charge is 0.467 e. The fraction of sp³-hybridized carbons (Fsp3) is 0.867. The normalized spacial score (nSPS) is 28.5. The minimum atomic E-state index is -0.747. The van der Waals surface area contributed by atoms with Gasteiger partial charge in [0.05, 0.1) is 7.11 Å². The number of hydrogen-bond donors (Lipinski definition) is 2. The number of ether oxygens (including phenoxy) is 1. The molecule has 1 heterocycles. The first-order valence-corrected chi connectivity index (χ1v) is 7.73. The number of piperidine rings is 1. The van der Waals surface area contributed by atoms with E-state index in [4.69, 9.17) is 4.74 Å². The van der Waals surface area contributed by atoms with Gasteiger partial charge in [0, 0.05) is 5.92 Å². The van der Waals surface area contributed by atoms with Gasteiger partial charge < -0.3 is 15.4 Å². The minimum Gasteiger partial charge on any atom is -0.467 e. The van der Waals surface area contributed by atoms with Gasteiger partial charge in [-0.1, -0.05) is 12.8 Å². The van der Waals surface area contributed by atoms with Crippen molar-refractivity contribution in [1.29, 1.82) is 0 Å². The quantitative estimate of drug-likeness (QED) is 0.772. The Morgan fingerprint density at radius 3 is 2.33 bits per heavy atom. The summed E-state index contributed by atoms with van der Waals surface area (Å²) in [7, 11) is 1.40. The fourth-order valence-electron chi connectivity index (χ4n) is 4.07. The van der Waals surface area contributed by atoms with Gasteiger partial charge in [-0.3, -0.25) is 4.79 Å². The van der Waals surface area contributed by atoms with Gasteiger partial charge in [-0.15, -0.1) is 12.4 Å². The number of carbonyl (C=O) groups is 2. The van der Waals surface area contributed by atoms with Gasteiger partial charge in [-0.2, -0.15) is 0 Å². The maximum Gasteiger partial charge on any atom is 0.331 e. The van der Waals surface area contributed by atoms with E-state index in [0.29, 0.717) is 12.8 Å². The van der Waals surface area contributed by atoms with E-state index in [-0.39, 0.29) is 35.6 Å². The van der Waals surface area contributed by atoms with Crippen molar-refractivity contribution in [1.82, 2.24) is 10.6 Å². The smallest absolute Gasteiger partial charge is 0.331 e. The molecule has 2 aliphatic carbocycles. The minimum absolute atomic E-state index is 0. The average molecular weight is 317 g/mol. The van der Waals surface area contributed by atoms with Crippen LogP contribution in [0.15, 0.2) is 0 Å². The van der Waals surface area contributed by atoms with Gasteiger partial charge >= 0.3 is 5.97 Å². The summed E-state index contributed by atoms with van der Waals surface area (Å²) in [5.74, 6) is -0.103. The molecule has 1 amide bonds. The molecule has 0 aromatic heterocycles. The van der Waals surface area contributed by atoms with Gasteiger partial charge in [-0.25, -0.2) is 4.79 Å². The number of amides is 1. The summed E-state index contributed by atoms with van der Waals surface area (Å²) in [6.45, 7) is 2.01. The molecule has 3 aliphatic rings. The average Bonchev–Trinajstić information content (AvgIpc) is 2.95. The third-order valence-electron chi connectivity index (χ3n) is 5.50. The van der Waals surface area contributed by atoms with Crippen molar-refractivity contribution in [2.75, 3.05) is 20.2 Å². The Kier molecular flexibility index (Phi) is 4.83. The molecule has 5 nitrogen and oxygen atoms in total. The highest BCUT2D eigenvalue weighted by molar-refractivity contribution is 5.91.